The number of nitrogens with zero attached hydrogens (tertiary/aromatic N) is 2. The summed E-state index contributed by atoms with van der Waals surface area (Å²) in [5, 5.41) is 2.81. The predicted octanol–water partition coefficient (Wildman–Crippen LogP) is 2.31. The zero-order valence-electron chi connectivity index (χ0n) is 16.2. The van der Waals surface area contributed by atoms with Crippen molar-refractivity contribution < 1.29 is 23.8 Å². The van der Waals surface area contributed by atoms with E-state index in [0.717, 1.165) is 17.7 Å². The lowest BCUT2D eigenvalue weighted by atomic mass is 10.2. The largest absolute Gasteiger partial charge is 0.472 e. The van der Waals surface area contributed by atoms with Crippen molar-refractivity contribution in [2.24, 2.45) is 0 Å². The van der Waals surface area contributed by atoms with Crippen LogP contribution < -0.4 is 15.0 Å². The number of amides is 2. The molecule has 2 unspecified atom stereocenters. The van der Waals surface area contributed by atoms with Crippen molar-refractivity contribution in [1.29, 1.82) is 0 Å². The van der Waals surface area contributed by atoms with Gasteiger partial charge in [0.2, 0.25) is 5.88 Å². The van der Waals surface area contributed by atoms with Gasteiger partial charge in [0, 0.05) is 29.9 Å². The predicted molar refractivity (Wildman–Crippen MR) is 105 cm³/mol. The van der Waals surface area contributed by atoms with Crippen LogP contribution in [0.25, 0.3) is 0 Å². The van der Waals surface area contributed by atoms with Crippen LogP contribution in [0.1, 0.15) is 22.3 Å². The topological polar surface area (TPSA) is 90.0 Å². The molecule has 0 radical (unpaired) electrons. The molecule has 2 atom stereocenters. The van der Waals surface area contributed by atoms with Crippen molar-refractivity contribution in [3.05, 3.63) is 53.7 Å². The second kappa shape index (κ2) is 8.48. The number of ether oxygens (including phenoxy) is 3. The molecule has 0 bridgehead atoms. The molecule has 2 aliphatic heterocycles. The van der Waals surface area contributed by atoms with Gasteiger partial charge in [0.15, 0.2) is 0 Å². The average molecular weight is 397 g/mol. The molecule has 8 nitrogen and oxygen atoms in total. The van der Waals surface area contributed by atoms with Crippen LogP contribution >= 0.6 is 0 Å². The van der Waals surface area contributed by atoms with Crippen LogP contribution in [0.15, 0.2) is 42.6 Å². The van der Waals surface area contributed by atoms with Crippen molar-refractivity contribution in [3.8, 4) is 5.88 Å². The molecule has 8 heteroatoms. The first kappa shape index (κ1) is 19.2. The van der Waals surface area contributed by atoms with Gasteiger partial charge in [-0.1, -0.05) is 17.7 Å². The van der Waals surface area contributed by atoms with E-state index in [1.54, 1.807) is 17.0 Å². The van der Waals surface area contributed by atoms with E-state index in [2.05, 4.69) is 10.3 Å². The molecule has 152 valence electrons. The summed E-state index contributed by atoms with van der Waals surface area (Å²) in [6, 6.07) is 10.9. The quantitative estimate of drug-likeness (QED) is 0.805. The van der Waals surface area contributed by atoms with Crippen LogP contribution in [0.3, 0.4) is 0 Å². The summed E-state index contributed by atoms with van der Waals surface area (Å²) < 4.78 is 16.4. The molecule has 29 heavy (non-hydrogen) atoms. The highest BCUT2D eigenvalue weighted by atomic mass is 16.6. The summed E-state index contributed by atoms with van der Waals surface area (Å²) in [6.07, 6.45) is 1.48. The molecular formula is C21H23N3O5. The van der Waals surface area contributed by atoms with Gasteiger partial charge in [-0.2, -0.15) is 0 Å². The smallest absolute Gasteiger partial charge is 0.414 e. The third-order valence-electron chi connectivity index (χ3n) is 4.88. The summed E-state index contributed by atoms with van der Waals surface area (Å²) in [5.41, 5.74) is 2.33. The van der Waals surface area contributed by atoms with E-state index in [1.165, 1.54) is 6.20 Å². The van der Waals surface area contributed by atoms with E-state index in [4.69, 9.17) is 14.2 Å². The van der Waals surface area contributed by atoms with Crippen molar-refractivity contribution >= 4 is 17.7 Å². The average Bonchev–Trinajstić information content (AvgIpc) is 3.36. The lowest BCUT2D eigenvalue weighted by Gasteiger charge is -2.14. The standard InChI is InChI=1S/C21H23N3O5/c1-14-2-4-16(5-3-14)24-12-18(29-21(24)26)11-23-20(25)15-6-8-22-19(10-15)28-17-7-9-27-13-17/h2-6,8,10,17-18H,7,9,11-13H2,1H3,(H,23,25). The molecular weight excluding hydrogens is 374 g/mol. The number of hydrogen-bond acceptors (Lipinski definition) is 6. The Morgan fingerprint density at radius 2 is 2.14 bits per heavy atom. The van der Waals surface area contributed by atoms with Crippen molar-refractivity contribution in [2.45, 2.75) is 25.6 Å². The maximum Gasteiger partial charge on any atom is 0.414 e. The number of anilines is 1. The minimum absolute atomic E-state index is 0.0357. The number of aryl methyl sites for hydroxylation is 1. The number of benzene rings is 1. The molecule has 3 heterocycles. The first-order chi connectivity index (χ1) is 14.1. The Balaban J connectivity index is 1.31. The summed E-state index contributed by atoms with van der Waals surface area (Å²) in [5.74, 6) is 0.121. The van der Waals surface area contributed by atoms with E-state index in [-0.39, 0.29) is 18.6 Å². The first-order valence-electron chi connectivity index (χ1n) is 9.62. The molecule has 2 aliphatic rings. The number of carbonyl (C=O) groups is 2. The SMILES string of the molecule is Cc1ccc(N2CC(CNC(=O)c3ccnc(OC4CCOC4)c3)OC2=O)cc1. The monoisotopic (exact) mass is 397 g/mol. The van der Waals surface area contributed by atoms with Gasteiger partial charge in [0.05, 0.1) is 26.3 Å². The van der Waals surface area contributed by atoms with Crippen molar-refractivity contribution in [1.82, 2.24) is 10.3 Å². The van der Waals surface area contributed by atoms with Gasteiger partial charge < -0.3 is 19.5 Å². The highest BCUT2D eigenvalue weighted by Crippen LogP contribution is 2.22. The van der Waals surface area contributed by atoms with Gasteiger partial charge in [0.1, 0.15) is 12.2 Å². The molecule has 2 aromatic rings. The molecule has 2 saturated heterocycles. The highest BCUT2D eigenvalue weighted by molar-refractivity contribution is 5.94. The molecule has 0 spiro atoms. The van der Waals surface area contributed by atoms with Gasteiger partial charge in [-0.25, -0.2) is 9.78 Å². The lowest BCUT2D eigenvalue weighted by Crippen LogP contribution is -2.34. The van der Waals surface area contributed by atoms with Gasteiger partial charge in [-0.15, -0.1) is 0 Å². The number of aromatic nitrogens is 1. The van der Waals surface area contributed by atoms with Crippen LogP contribution in [-0.4, -0.2) is 55.5 Å². The Labute approximate surface area is 168 Å². The molecule has 4 rings (SSSR count). The summed E-state index contributed by atoms with van der Waals surface area (Å²) in [7, 11) is 0. The van der Waals surface area contributed by atoms with E-state index < -0.39 is 12.2 Å². The Morgan fingerprint density at radius 3 is 2.90 bits per heavy atom. The molecule has 2 fully saturated rings. The molecule has 1 aromatic heterocycles. The number of cyclic esters (lactones) is 1. The number of hydrogen-bond donors (Lipinski definition) is 1. The Morgan fingerprint density at radius 1 is 1.31 bits per heavy atom. The Bertz CT molecular complexity index is 880. The number of rotatable bonds is 6. The fraction of sp³-hybridized carbons (Fsp3) is 0.381. The van der Waals surface area contributed by atoms with Crippen molar-refractivity contribution in [3.63, 3.8) is 0 Å². The second-order valence-electron chi connectivity index (χ2n) is 7.15. The summed E-state index contributed by atoms with van der Waals surface area (Å²) >= 11 is 0. The Hall–Kier alpha value is -3.13. The number of pyridine rings is 1. The second-order valence-corrected chi connectivity index (χ2v) is 7.15. The molecule has 0 aliphatic carbocycles. The molecule has 1 aromatic carbocycles. The zero-order chi connectivity index (χ0) is 20.2. The van der Waals surface area contributed by atoms with Crippen LogP contribution in [0.5, 0.6) is 5.88 Å². The van der Waals surface area contributed by atoms with Crippen LogP contribution in [-0.2, 0) is 9.47 Å². The molecule has 1 N–H and O–H groups in total. The fourth-order valence-electron chi connectivity index (χ4n) is 3.26. The summed E-state index contributed by atoms with van der Waals surface area (Å²) in [4.78, 5) is 30.4. The van der Waals surface area contributed by atoms with E-state index >= 15 is 0 Å². The van der Waals surface area contributed by atoms with Gasteiger partial charge in [-0.05, 0) is 25.1 Å². The van der Waals surface area contributed by atoms with E-state index in [9.17, 15) is 9.59 Å². The fourth-order valence-corrected chi connectivity index (χ4v) is 3.26. The van der Waals surface area contributed by atoms with Gasteiger partial charge in [0.25, 0.3) is 5.91 Å². The highest BCUT2D eigenvalue weighted by Gasteiger charge is 2.32. The third-order valence-corrected chi connectivity index (χ3v) is 4.88. The van der Waals surface area contributed by atoms with Crippen molar-refractivity contribution in [2.75, 3.05) is 31.2 Å². The lowest BCUT2D eigenvalue weighted by molar-refractivity contribution is 0.0914. The maximum atomic E-state index is 12.5. The molecule has 2 amide bonds. The van der Waals surface area contributed by atoms with Crippen LogP contribution in [0.2, 0.25) is 0 Å². The van der Waals surface area contributed by atoms with Gasteiger partial charge >= 0.3 is 6.09 Å². The first-order valence-corrected chi connectivity index (χ1v) is 9.62. The third kappa shape index (κ3) is 4.65. The van der Waals surface area contributed by atoms with E-state index in [1.807, 2.05) is 31.2 Å². The van der Waals surface area contributed by atoms with Crippen LogP contribution in [0.4, 0.5) is 10.5 Å². The van der Waals surface area contributed by atoms with Gasteiger partial charge in [-0.3, -0.25) is 9.69 Å². The summed E-state index contributed by atoms with van der Waals surface area (Å²) in [6.45, 7) is 3.80. The minimum Gasteiger partial charge on any atom is -0.472 e. The van der Waals surface area contributed by atoms with E-state index in [0.29, 0.717) is 31.2 Å². The van der Waals surface area contributed by atoms with Crippen LogP contribution in [0, 0.1) is 6.92 Å². The number of nitrogens with one attached hydrogen (secondary N) is 1. The Kier molecular flexibility index (Phi) is 5.62. The minimum atomic E-state index is -0.416. The number of carbonyl (C=O) groups excluding carboxylic acids is 2. The normalized spacial score (nSPS) is 21.1. The maximum absolute atomic E-state index is 12.5. The zero-order valence-corrected chi connectivity index (χ0v) is 16.2. The molecule has 0 saturated carbocycles.